The molecule has 2 N–H and O–H groups in total. The van der Waals surface area contributed by atoms with E-state index in [4.69, 9.17) is 5.73 Å². The van der Waals surface area contributed by atoms with Crippen molar-refractivity contribution in [3.05, 3.63) is 53.2 Å². The van der Waals surface area contributed by atoms with E-state index >= 15 is 0 Å². The summed E-state index contributed by atoms with van der Waals surface area (Å²) in [6.45, 7) is 0.397. The molecule has 0 radical (unpaired) electrons. The van der Waals surface area contributed by atoms with Crippen LogP contribution in [0.3, 0.4) is 0 Å². The van der Waals surface area contributed by atoms with Crippen LogP contribution in [0.15, 0.2) is 52.5 Å². The maximum absolute atomic E-state index is 12.0. The van der Waals surface area contributed by atoms with Crippen LogP contribution in [0.4, 0.5) is 5.69 Å². The zero-order valence-electron chi connectivity index (χ0n) is 9.65. The largest absolute Gasteiger partial charge is 0.396 e. The highest BCUT2D eigenvalue weighted by atomic mass is 32.2. The molecule has 6 heteroatoms. The molecule has 94 valence electrons. The van der Waals surface area contributed by atoms with E-state index in [2.05, 4.69) is 4.98 Å². The van der Waals surface area contributed by atoms with Crippen LogP contribution in [0.2, 0.25) is 0 Å². The van der Waals surface area contributed by atoms with E-state index in [-0.39, 0.29) is 5.56 Å². The van der Waals surface area contributed by atoms with E-state index in [1.807, 2.05) is 0 Å². The van der Waals surface area contributed by atoms with Gasteiger partial charge in [0.1, 0.15) is 0 Å². The van der Waals surface area contributed by atoms with E-state index in [1.54, 1.807) is 30.6 Å². The van der Waals surface area contributed by atoms with Crippen molar-refractivity contribution in [2.75, 3.05) is 11.5 Å². The quantitative estimate of drug-likeness (QED) is 0.877. The van der Waals surface area contributed by atoms with Gasteiger partial charge in [0, 0.05) is 30.8 Å². The maximum atomic E-state index is 12.0. The first kappa shape index (κ1) is 12.5. The van der Waals surface area contributed by atoms with Gasteiger partial charge < -0.3 is 10.3 Å². The Morgan fingerprint density at radius 1 is 1.33 bits per heavy atom. The molecular formula is C12H13N3O2S. The average molecular weight is 263 g/mol. The summed E-state index contributed by atoms with van der Waals surface area (Å²) in [6.07, 6.45) is 4.70. The van der Waals surface area contributed by atoms with Crippen LogP contribution < -0.4 is 11.3 Å². The van der Waals surface area contributed by atoms with Crippen LogP contribution in [0.1, 0.15) is 0 Å². The number of aryl methyl sites for hydroxylation is 1. The van der Waals surface area contributed by atoms with Crippen molar-refractivity contribution in [1.82, 2.24) is 9.55 Å². The van der Waals surface area contributed by atoms with Crippen LogP contribution in [0.25, 0.3) is 0 Å². The molecule has 0 saturated heterocycles. The third-order valence-electron chi connectivity index (χ3n) is 2.47. The number of nitrogens with zero attached hydrogens (tertiary/aromatic N) is 2. The summed E-state index contributed by atoms with van der Waals surface area (Å²) >= 11 is 0. The van der Waals surface area contributed by atoms with Crippen LogP contribution in [0, 0.1) is 0 Å². The second-order valence-electron chi connectivity index (χ2n) is 3.70. The van der Waals surface area contributed by atoms with Crippen molar-refractivity contribution < 1.29 is 4.21 Å². The molecule has 0 bridgehead atoms. The van der Waals surface area contributed by atoms with E-state index in [1.165, 1.54) is 16.8 Å². The first-order chi connectivity index (χ1) is 8.68. The second kappa shape index (κ2) is 5.59. The Morgan fingerprint density at radius 3 is 2.89 bits per heavy atom. The Hall–Kier alpha value is -1.95. The van der Waals surface area contributed by atoms with Gasteiger partial charge in [0.25, 0.3) is 5.56 Å². The maximum Gasteiger partial charge on any atom is 0.250 e. The molecule has 1 atom stereocenters. The fraction of sp³-hybridized carbons (Fsp3) is 0.167. The lowest BCUT2D eigenvalue weighted by molar-refractivity contribution is 0.669. The van der Waals surface area contributed by atoms with Gasteiger partial charge in [-0.3, -0.25) is 14.0 Å². The fourth-order valence-corrected chi connectivity index (χ4v) is 2.65. The predicted octanol–water partition coefficient (Wildman–Crippen LogP) is 0.633. The van der Waals surface area contributed by atoms with Crippen molar-refractivity contribution in [2.45, 2.75) is 11.4 Å². The molecular weight excluding hydrogens is 250 g/mol. The van der Waals surface area contributed by atoms with Crippen molar-refractivity contribution in [3.8, 4) is 0 Å². The summed E-state index contributed by atoms with van der Waals surface area (Å²) in [5.41, 5.74) is 6.01. The second-order valence-corrected chi connectivity index (χ2v) is 5.23. The summed E-state index contributed by atoms with van der Waals surface area (Å²) in [4.78, 5) is 15.9. The number of nitrogens with two attached hydrogens (primary N) is 1. The first-order valence-corrected chi connectivity index (χ1v) is 6.73. The molecule has 2 rings (SSSR count). The fourth-order valence-electron chi connectivity index (χ4n) is 1.54. The molecule has 5 nitrogen and oxygen atoms in total. The SMILES string of the molecule is Nc1cnccc1S(=O)CCn1ccccc1=O. The Morgan fingerprint density at radius 2 is 2.17 bits per heavy atom. The van der Waals surface area contributed by atoms with Gasteiger partial charge in [0.2, 0.25) is 0 Å². The summed E-state index contributed by atoms with van der Waals surface area (Å²) in [6, 6.07) is 6.56. The van der Waals surface area contributed by atoms with Gasteiger partial charge in [-0.05, 0) is 12.1 Å². The van der Waals surface area contributed by atoms with Crippen LogP contribution in [-0.4, -0.2) is 19.5 Å². The molecule has 0 amide bonds. The lowest BCUT2D eigenvalue weighted by atomic mass is 10.4. The molecule has 2 aromatic heterocycles. The Labute approximate surface area is 107 Å². The lowest BCUT2D eigenvalue weighted by Gasteiger charge is -2.06. The number of nitrogen functional groups attached to an aromatic ring is 1. The van der Waals surface area contributed by atoms with Gasteiger partial charge in [-0.2, -0.15) is 0 Å². The van der Waals surface area contributed by atoms with Gasteiger partial charge >= 0.3 is 0 Å². The zero-order chi connectivity index (χ0) is 13.0. The molecule has 18 heavy (non-hydrogen) atoms. The summed E-state index contributed by atoms with van der Waals surface area (Å²) in [7, 11) is -1.23. The molecule has 2 heterocycles. The van der Waals surface area contributed by atoms with Gasteiger partial charge in [-0.1, -0.05) is 6.07 Å². The van der Waals surface area contributed by atoms with E-state index < -0.39 is 10.8 Å². The number of aromatic nitrogens is 2. The highest BCUT2D eigenvalue weighted by Gasteiger charge is 2.07. The monoisotopic (exact) mass is 263 g/mol. The van der Waals surface area contributed by atoms with Crippen LogP contribution in [0.5, 0.6) is 0 Å². The third-order valence-corrected chi connectivity index (χ3v) is 3.89. The van der Waals surface area contributed by atoms with E-state index in [0.717, 1.165) is 0 Å². The molecule has 0 aliphatic heterocycles. The average Bonchev–Trinajstić information content (AvgIpc) is 2.38. The minimum atomic E-state index is -1.23. The number of hydrogen-bond donors (Lipinski definition) is 1. The Balaban J connectivity index is 2.08. The predicted molar refractivity (Wildman–Crippen MR) is 70.6 cm³/mol. The van der Waals surface area contributed by atoms with Crippen LogP contribution in [-0.2, 0) is 17.3 Å². The zero-order valence-corrected chi connectivity index (χ0v) is 10.5. The number of pyridine rings is 2. The number of anilines is 1. The summed E-state index contributed by atoms with van der Waals surface area (Å²) < 4.78 is 13.6. The van der Waals surface area contributed by atoms with E-state index in [0.29, 0.717) is 22.9 Å². The molecule has 0 saturated carbocycles. The van der Waals surface area contributed by atoms with Crippen molar-refractivity contribution in [2.24, 2.45) is 0 Å². The molecule has 0 spiro atoms. The van der Waals surface area contributed by atoms with E-state index in [9.17, 15) is 9.00 Å². The topological polar surface area (TPSA) is 78.0 Å². The van der Waals surface area contributed by atoms with Gasteiger partial charge in [-0.15, -0.1) is 0 Å². The summed E-state index contributed by atoms with van der Waals surface area (Å²) in [5, 5.41) is 0. The first-order valence-electron chi connectivity index (χ1n) is 5.42. The standard InChI is InChI=1S/C12H13N3O2S/c13-10-9-14-5-4-11(10)18(17)8-7-15-6-2-1-3-12(15)16/h1-6,9H,7-8,13H2. The summed E-state index contributed by atoms with van der Waals surface area (Å²) in [5.74, 6) is 0.345. The molecule has 0 aliphatic rings. The smallest absolute Gasteiger partial charge is 0.250 e. The molecule has 0 aromatic carbocycles. The van der Waals surface area contributed by atoms with Crippen molar-refractivity contribution in [3.63, 3.8) is 0 Å². The Bertz CT molecular complexity index is 624. The minimum Gasteiger partial charge on any atom is -0.396 e. The van der Waals surface area contributed by atoms with Gasteiger partial charge in [0.05, 0.1) is 27.6 Å². The normalized spacial score (nSPS) is 12.2. The van der Waals surface area contributed by atoms with Gasteiger partial charge in [-0.25, -0.2) is 0 Å². The van der Waals surface area contributed by atoms with Crippen molar-refractivity contribution in [1.29, 1.82) is 0 Å². The molecule has 0 aliphatic carbocycles. The molecule has 2 aromatic rings. The van der Waals surface area contributed by atoms with Gasteiger partial charge in [0.15, 0.2) is 0 Å². The highest BCUT2D eigenvalue weighted by molar-refractivity contribution is 7.85. The molecule has 0 fully saturated rings. The number of hydrogen-bond acceptors (Lipinski definition) is 4. The third kappa shape index (κ3) is 2.84. The van der Waals surface area contributed by atoms with Crippen molar-refractivity contribution >= 4 is 16.5 Å². The highest BCUT2D eigenvalue weighted by Crippen LogP contribution is 2.13. The number of rotatable bonds is 4. The lowest BCUT2D eigenvalue weighted by Crippen LogP contribution is -2.21. The molecule has 1 unspecified atom stereocenters. The Kier molecular flexibility index (Phi) is 3.88. The van der Waals surface area contributed by atoms with Crippen LogP contribution >= 0.6 is 0 Å². The minimum absolute atomic E-state index is 0.0998.